The highest BCUT2D eigenvalue weighted by Crippen LogP contribution is 2.45. The van der Waals surface area contributed by atoms with Crippen LogP contribution >= 0.6 is 15.6 Å². The fourth-order valence-corrected chi connectivity index (χ4v) is 10.9. The smallest absolute Gasteiger partial charge is 0.462 e. The third-order valence-corrected chi connectivity index (χ3v) is 16.3. The molecule has 2 unspecified atom stereocenters. The average molecular weight is 1200 g/mol. The summed E-state index contributed by atoms with van der Waals surface area (Å²) in [4.78, 5) is 71.9. The largest absolute Gasteiger partial charge is 0.472 e. The molecule has 0 aromatic rings. The number of ether oxygens (including phenoxy) is 4. The van der Waals surface area contributed by atoms with Gasteiger partial charge in [-0.05, 0) is 25.7 Å². The van der Waals surface area contributed by atoms with E-state index in [2.05, 4.69) is 27.7 Å². The topological polar surface area (TPSA) is 237 Å². The number of unbranched alkanes of at least 4 members (excludes halogenated alkanes) is 37. The fourth-order valence-electron chi connectivity index (χ4n) is 9.28. The van der Waals surface area contributed by atoms with E-state index in [1.54, 1.807) is 0 Å². The number of aliphatic hydroxyl groups excluding tert-OH is 1. The summed E-state index contributed by atoms with van der Waals surface area (Å²) in [5, 5.41) is 10.5. The van der Waals surface area contributed by atoms with E-state index in [-0.39, 0.29) is 25.7 Å². The predicted octanol–water partition coefficient (Wildman–Crippen LogP) is 17.2. The highest BCUT2D eigenvalue weighted by atomic mass is 31.2. The number of hydrogen-bond acceptors (Lipinski definition) is 15. The summed E-state index contributed by atoms with van der Waals surface area (Å²) < 4.78 is 67.7. The van der Waals surface area contributed by atoms with Gasteiger partial charge in [0.2, 0.25) is 0 Å². The van der Waals surface area contributed by atoms with Gasteiger partial charge in [-0.2, -0.15) is 0 Å². The lowest BCUT2D eigenvalue weighted by Crippen LogP contribution is -2.30. The molecule has 0 heterocycles. The first-order valence-electron chi connectivity index (χ1n) is 32.8. The van der Waals surface area contributed by atoms with Gasteiger partial charge >= 0.3 is 39.5 Å². The van der Waals surface area contributed by atoms with Gasteiger partial charge < -0.3 is 33.8 Å². The molecule has 0 radical (unpaired) electrons. The van der Waals surface area contributed by atoms with Crippen LogP contribution in [-0.2, 0) is 65.4 Å². The zero-order valence-corrected chi connectivity index (χ0v) is 53.5. The molecule has 480 valence electrons. The van der Waals surface area contributed by atoms with E-state index in [9.17, 15) is 43.2 Å². The molecule has 17 nitrogen and oxygen atoms in total. The second-order valence-corrected chi connectivity index (χ2v) is 25.4. The minimum Gasteiger partial charge on any atom is -0.462 e. The van der Waals surface area contributed by atoms with Crippen molar-refractivity contribution in [2.45, 2.75) is 335 Å². The number of carbonyl (C=O) groups is 4. The summed E-state index contributed by atoms with van der Waals surface area (Å²) in [5.74, 6) is -2.14. The molecule has 5 atom stereocenters. The summed E-state index contributed by atoms with van der Waals surface area (Å²) in [6.07, 6.45) is 41.9. The molecule has 0 amide bonds. The Bertz CT molecular complexity index is 1570. The number of esters is 4. The SMILES string of the molecule is CCCCCCCCCCCCCCCC(=O)O[C@H](COC(=O)CCCCCCCCCCCCCC)COP(=O)(O)OC[C@@H](O)COP(=O)(O)OC[C@@H](COC(=O)CCCCCCC)OC(=O)CCCCCCCCCCCCC. The first-order valence-corrected chi connectivity index (χ1v) is 35.8. The maximum atomic E-state index is 12.9. The van der Waals surface area contributed by atoms with Crippen LogP contribution in [0.3, 0.4) is 0 Å². The number of phosphoric ester groups is 2. The minimum absolute atomic E-state index is 0.106. The highest BCUT2D eigenvalue weighted by Gasteiger charge is 2.30. The van der Waals surface area contributed by atoms with E-state index in [4.69, 9.17) is 37.0 Å². The van der Waals surface area contributed by atoms with E-state index < -0.39 is 97.5 Å². The second kappa shape index (κ2) is 57.2. The molecule has 0 aromatic carbocycles. The van der Waals surface area contributed by atoms with E-state index >= 15 is 0 Å². The van der Waals surface area contributed by atoms with Gasteiger partial charge in [-0.25, -0.2) is 9.13 Å². The van der Waals surface area contributed by atoms with Crippen molar-refractivity contribution in [3.05, 3.63) is 0 Å². The Morgan fingerprint density at radius 3 is 0.728 bits per heavy atom. The molecule has 0 saturated carbocycles. The van der Waals surface area contributed by atoms with Crippen molar-refractivity contribution in [3.63, 3.8) is 0 Å². The number of carbonyl (C=O) groups excluding carboxylic acids is 4. The van der Waals surface area contributed by atoms with Crippen molar-refractivity contribution < 1.29 is 80.2 Å². The fraction of sp³-hybridized carbons (Fsp3) is 0.935. The van der Waals surface area contributed by atoms with Crippen molar-refractivity contribution in [1.29, 1.82) is 0 Å². The maximum absolute atomic E-state index is 12.9. The van der Waals surface area contributed by atoms with Gasteiger partial charge in [0.1, 0.15) is 19.3 Å². The van der Waals surface area contributed by atoms with Crippen LogP contribution in [0.1, 0.15) is 317 Å². The summed E-state index contributed by atoms with van der Waals surface area (Å²) in [7, 11) is -9.87. The first-order chi connectivity index (χ1) is 39.2. The third-order valence-electron chi connectivity index (χ3n) is 14.4. The van der Waals surface area contributed by atoms with Gasteiger partial charge in [-0.3, -0.25) is 37.3 Å². The van der Waals surface area contributed by atoms with Crippen molar-refractivity contribution in [2.75, 3.05) is 39.6 Å². The molecule has 0 aliphatic rings. The summed E-state index contributed by atoms with van der Waals surface area (Å²) in [6, 6.07) is 0. The minimum atomic E-state index is -4.94. The van der Waals surface area contributed by atoms with Crippen LogP contribution in [0.25, 0.3) is 0 Å². The molecule has 0 bridgehead atoms. The summed E-state index contributed by atoms with van der Waals surface area (Å²) >= 11 is 0. The van der Waals surface area contributed by atoms with Crippen LogP contribution in [0.2, 0.25) is 0 Å². The third kappa shape index (κ3) is 56.9. The van der Waals surface area contributed by atoms with Gasteiger partial charge in [0.15, 0.2) is 12.2 Å². The Hall–Kier alpha value is -1.94. The van der Waals surface area contributed by atoms with Gasteiger partial charge in [0, 0.05) is 25.7 Å². The van der Waals surface area contributed by atoms with Crippen molar-refractivity contribution >= 4 is 39.5 Å². The Kier molecular flexibility index (Phi) is 55.8. The molecule has 0 spiro atoms. The van der Waals surface area contributed by atoms with Crippen LogP contribution in [0, 0.1) is 0 Å². The molecule has 0 saturated heterocycles. The second-order valence-electron chi connectivity index (χ2n) is 22.4. The Morgan fingerprint density at radius 1 is 0.296 bits per heavy atom. The number of phosphoric acid groups is 2. The van der Waals surface area contributed by atoms with Crippen molar-refractivity contribution in [2.24, 2.45) is 0 Å². The number of aliphatic hydroxyl groups is 1. The van der Waals surface area contributed by atoms with Gasteiger partial charge in [0.25, 0.3) is 0 Å². The molecule has 0 aliphatic heterocycles. The standard InChI is InChI=1S/C62H120O17P2/c1-5-9-13-17-20-23-26-28-31-34-37-41-45-49-62(67)79-58(53-73-60(65)47-43-39-35-32-30-27-24-21-18-14-10-6-2)55-77-81(70,71)75-51-56(63)50-74-80(68,69)76-54-57(52-72-59(64)46-42-38-16-12-8-4)78-61(66)48-44-40-36-33-29-25-22-19-15-11-7-3/h56-58,63H,5-55H2,1-4H3,(H,68,69)(H,70,71)/t56-,57+,58+/m0/s1. The normalized spacial score (nSPS) is 14.2. The van der Waals surface area contributed by atoms with Crippen LogP contribution in [-0.4, -0.2) is 96.7 Å². The van der Waals surface area contributed by atoms with Gasteiger partial charge in [0.05, 0.1) is 26.4 Å². The Morgan fingerprint density at radius 2 is 0.494 bits per heavy atom. The molecule has 19 heteroatoms. The number of hydrogen-bond donors (Lipinski definition) is 3. The zero-order valence-electron chi connectivity index (χ0n) is 51.7. The monoisotopic (exact) mass is 1200 g/mol. The first kappa shape index (κ1) is 79.1. The maximum Gasteiger partial charge on any atom is 0.472 e. The van der Waals surface area contributed by atoms with Crippen LogP contribution in [0.4, 0.5) is 0 Å². The predicted molar refractivity (Wildman–Crippen MR) is 322 cm³/mol. The lowest BCUT2D eigenvalue weighted by molar-refractivity contribution is -0.161. The van der Waals surface area contributed by atoms with Crippen molar-refractivity contribution in [3.8, 4) is 0 Å². The summed E-state index contributed by atoms with van der Waals surface area (Å²) in [6.45, 7) is 4.80. The Balaban J connectivity index is 5.17. The summed E-state index contributed by atoms with van der Waals surface area (Å²) in [5.41, 5.74) is 0. The van der Waals surface area contributed by atoms with E-state index in [0.29, 0.717) is 25.7 Å². The number of rotatable bonds is 63. The van der Waals surface area contributed by atoms with E-state index in [0.717, 1.165) is 96.3 Å². The molecular formula is C62H120O17P2. The molecular weight excluding hydrogens is 1080 g/mol. The van der Waals surface area contributed by atoms with E-state index in [1.165, 1.54) is 141 Å². The highest BCUT2D eigenvalue weighted by molar-refractivity contribution is 7.47. The quantitative estimate of drug-likeness (QED) is 0.0222. The molecule has 0 aromatic heterocycles. The van der Waals surface area contributed by atoms with Crippen LogP contribution < -0.4 is 0 Å². The van der Waals surface area contributed by atoms with Gasteiger partial charge in [-0.1, -0.05) is 265 Å². The van der Waals surface area contributed by atoms with Crippen molar-refractivity contribution in [1.82, 2.24) is 0 Å². The lowest BCUT2D eigenvalue weighted by atomic mass is 10.0. The van der Waals surface area contributed by atoms with E-state index in [1.807, 2.05) is 0 Å². The van der Waals surface area contributed by atoms with Crippen LogP contribution in [0.15, 0.2) is 0 Å². The molecule has 0 aliphatic carbocycles. The lowest BCUT2D eigenvalue weighted by Gasteiger charge is -2.21. The zero-order chi connectivity index (χ0) is 59.8. The Labute approximate surface area is 492 Å². The molecule has 81 heavy (non-hydrogen) atoms. The molecule has 0 rings (SSSR count). The average Bonchev–Trinajstić information content (AvgIpc) is 3.44. The van der Waals surface area contributed by atoms with Gasteiger partial charge in [-0.15, -0.1) is 0 Å². The van der Waals surface area contributed by atoms with Crippen LogP contribution in [0.5, 0.6) is 0 Å². The molecule has 3 N–H and O–H groups in total. The molecule has 0 fully saturated rings.